The molecule has 186 valence electrons. The van der Waals surface area contributed by atoms with Crippen LogP contribution in [0.25, 0.3) is 5.76 Å². The Morgan fingerprint density at radius 1 is 1.08 bits per heavy atom. The number of nitrogens with zero attached hydrogens (tertiary/aromatic N) is 2. The lowest BCUT2D eigenvalue weighted by Crippen LogP contribution is -2.29. The highest BCUT2D eigenvalue weighted by Crippen LogP contribution is 2.40. The van der Waals surface area contributed by atoms with Crippen molar-refractivity contribution in [2.45, 2.75) is 32.1 Å². The maximum absolute atomic E-state index is 13.2. The van der Waals surface area contributed by atoms with Crippen LogP contribution < -0.4 is 4.74 Å². The normalized spacial score (nSPS) is 17.4. The standard InChI is InChI=1S/C27H23F3N2O4/c1-2-12-36-21-10-4-7-18(14-21)24(33)22-23(19-8-5-11-31-15-19)32(26(35)25(22)34)16-17-6-3-9-20(13-17)27(28,29)30/h3-11,13-15,23,33H,2,12,16H2,1H3/b24-22+. The Morgan fingerprint density at radius 2 is 1.86 bits per heavy atom. The molecule has 9 heteroatoms. The van der Waals surface area contributed by atoms with Crippen LogP contribution in [0, 0.1) is 0 Å². The second-order valence-electron chi connectivity index (χ2n) is 8.29. The summed E-state index contributed by atoms with van der Waals surface area (Å²) in [6.45, 7) is 2.13. The summed E-state index contributed by atoms with van der Waals surface area (Å²) in [4.78, 5) is 31.5. The number of likely N-dealkylation sites (tertiary alicyclic amines) is 1. The Balaban J connectivity index is 1.79. The highest BCUT2D eigenvalue weighted by Gasteiger charge is 2.46. The van der Waals surface area contributed by atoms with E-state index >= 15 is 0 Å². The molecule has 1 unspecified atom stereocenters. The predicted octanol–water partition coefficient (Wildman–Crippen LogP) is 5.51. The van der Waals surface area contributed by atoms with E-state index in [1.54, 1.807) is 36.4 Å². The van der Waals surface area contributed by atoms with E-state index in [1.807, 2.05) is 6.92 Å². The van der Waals surface area contributed by atoms with Crippen molar-refractivity contribution in [3.8, 4) is 5.75 Å². The van der Waals surface area contributed by atoms with E-state index in [0.717, 1.165) is 23.5 Å². The molecular weight excluding hydrogens is 473 g/mol. The Kier molecular flexibility index (Phi) is 7.10. The monoisotopic (exact) mass is 496 g/mol. The van der Waals surface area contributed by atoms with Crippen molar-refractivity contribution in [3.63, 3.8) is 0 Å². The molecule has 2 aromatic carbocycles. The summed E-state index contributed by atoms with van der Waals surface area (Å²) >= 11 is 0. The maximum atomic E-state index is 13.2. The third kappa shape index (κ3) is 5.10. The molecule has 0 bridgehead atoms. The van der Waals surface area contributed by atoms with Crippen LogP contribution in [0.1, 0.15) is 41.6 Å². The van der Waals surface area contributed by atoms with E-state index in [2.05, 4.69) is 4.98 Å². The molecule has 1 aromatic heterocycles. The molecule has 4 rings (SSSR count). The third-order valence-electron chi connectivity index (χ3n) is 5.73. The van der Waals surface area contributed by atoms with Crippen LogP contribution in [0.3, 0.4) is 0 Å². The number of carbonyl (C=O) groups excluding carboxylic acids is 2. The lowest BCUT2D eigenvalue weighted by molar-refractivity contribution is -0.140. The second-order valence-corrected chi connectivity index (χ2v) is 8.29. The number of rotatable bonds is 7. The summed E-state index contributed by atoms with van der Waals surface area (Å²) in [5.41, 5.74) is -0.139. The van der Waals surface area contributed by atoms with Crippen molar-refractivity contribution in [3.05, 3.63) is 101 Å². The van der Waals surface area contributed by atoms with Gasteiger partial charge in [0, 0.05) is 24.5 Å². The fraction of sp³-hybridized carbons (Fsp3) is 0.222. The molecule has 1 N–H and O–H groups in total. The van der Waals surface area contributed by atoms with Gasteiger partial charge in [0.25, 0.3) is 11.7 Å². The molecule has 0 spiro atoms. The quantitative estimate of drug-likeness (QED) is 0.265. The smallest absolute Gasteiger partial charge is 0.416 e. The number of alkyl halides is 3. The van der Waals surface area contributed by atoms with Gasteiger partial charge in [-0.3, -0.25) is 14.6 Å². The molecule has 3 aromatic rings. The zero-order chi connectivity index (χ0) is 25.9. The maximum Gasteiger partial charge on any atom is 0.416 e. The van der Waals surface area contributed by atoms with E-state index in [0.29, 0.717) is 17.9 Å². The number of ketones is 1. The van der Waals surface area contributed by atoms with Gasteiger partial charge in [-0.1, -0.05) is 37.3 Å². The molecule has 1 saturated heterocycles. The summed E-state index contributed by atoms with van der Waals surface area (Å²) in [5, 5.41) is 11.2. The lowest BCUT2D eigenvalue weighted by Gasteiger charge is -2.25. The van der Waals surface area contributed by atoms with E-state index < -0.39 is 35.2 Å². The molecule has 1 amide bonds. The second kappa shape index (κ2) is 10.2. The topological polar surface area (TPSA) is 79.7 Å². The minimum absolute atomic E-state index is 0.174. The SMILES string of the molecule is CCCOc1cccc(/C(O)=C2\C(=O)C(=O)N(Cc3cccc(C(F)(F)F)c3)C2c2cccnc2)c1. The third-order valence-corrected chi connectivity index (χ3v) is 5.73. The highest BCUT2D eigenvalue weighted by molar-refractivity contribution is 6.46. The zero-order valence-electron chi connectivity index (χ0n) is 19.3. The van der Waals surface area contributed by atoms with Crippen LogP contribution in [0.5, 0.6) is 5.75 Å². The fourth-order valence-corrected chi connectivity index (χ4v) is 4.08. The van der Waals surface area contributed by atoms with Gasteiger partial charge in [-0.15, -0.1) is 0 Å². The van der Waals surface area contributed by atoms with Gasteiger partial charge in [-0.25, -0.2) is 0 Å². The molecule has 0 aliphatic carbocycles. The van der Waals surface area contributed by atoms with Crippen LogP contribution >= 0.6 is 0 Å². The number of ether oxygens (including phenoxy) is 1. The highest BCUT2D eigenvalue weighted by atomic mass is 19.4. The number of Topliss-reactive ketones (excluding diaryl/α,β-unsaturated/α-hetero) is 1. The number of carbonyl (C=O) groups is 2. The van der Waals surface area contributed by atoms with Crippen molar-refractivity contribution in [2.24, 2.45) is 0 Å². The van der Waals surface area contributed by atoms with Crippen molar-refractivity contribution in [1.29, 1.82) is 0 Å². The lowest BCUT2D eigenvalue weighted by atomic mass is 9.96. The van der Waals surface area contributed by atoms with Crippen LogP contribution in [0.2, 0.25) is 0 Å². The van der Waals surface area contributed by atoms with Gasteiger partial charge in [0.1, 0.15) is 11.5 Å². The number of pyridine rings is 1. The summed E-state index contributed by atoms with van der Waals surface area (Å²) in [5.74, 6) is -1.79. The molecule has 6 nitrogen and oxygen atoms in total. The summed E-state index contributed by atoms with van der Waals surface area (Å²) in [7, 11) is 0. The van der Waals surface area contributed by atoms with Gasteiger partial charge in [-0.2, -0.15) is 13.2 Å². The first-order valence-corrected chi connectivity index (χ1v) is 11.3. The molecule has 1 fully saturated rings. The molecule has 0 saturated carbocycles. The molecule has 1 aliphatic rings. The summed E-state index contributed by atoms with van der Waals surface area (Å²) in [6.07, 6.45) is -0.823. The van der Waals surface area contributed by atoms with Crippen LogP contribution in [-0.2, 0) is 22.3 Å². The van der Waals surface area contributed by atoms with E-state index in [1.165, 1.54) is 24.5 Å². The number of aliphatic hydroxyl groups is 1. The number of halogens is 3. The molecule has 1 aliphatic heterocycles. The van der Waals surface area contributed by atoms with E-state index in [9.17, 15) is 27.9 Å². The van der Waals surface area contributed by atoms with E-state index in [4.69, 9.17) is 4.74 Å². The first-order valence-electron chi connectivity index (χ1n) is 11.3. The van der Waals surface area contributed by atoms with Crippen molar-refractivity contribution in [2.75, 3.05) is 6.61 Å². The predicted molar refractivity (Wildman–Crippen MR) is 126 cm³/mol. The first kappa shape index (κ1) is 25.0. The largest absolute Gasteiger partial charge is 0.507 e. The number of hydrogen-bond donors (Lipinski definition) is 1. The Bertz CT molecular complexity index is 1310. The van der Waals surface area contributed by atoms with Gasteiger partial charge >= 0.3 is 6.18 Å². The number of aliphatic hydroxyl groups excluding tert-OH is 1. The zero-order valence-corrected chi connectivity index (χ0v) is 19.3. The Hall–Kier alpha value is -4.14. The first-order chi connectivity index (χ1) is 17.2. The molecule has 1 atom stereocenters. The Labute approximate surface area is 205 Å². The average molecular weight is 496 g/mol. The van der Waals surface area contributed by atoms with Crippen LogP contribution in [-0.4, -0.2) is 33.3 Å². The number of benzene rings is 2. The number of hydrogen-bond acceptors (Lipinski definition) is 5. The summed E-state index contributed by atoms with van der Waals surface area (Å²) < 4.78 is 45.3. The van der Waals surface area contributed by atoms with Crippen molar-refractivity contribution >= 4 is 17.4 Å². The average Bonchev–Trinajstić information content (AvgIpc) is 3.12. The van der Waals surface area contributed by atoms with E-state index in [-0.39, 0.29) is 23.2 Å². The van der Waals surface area contributed by atoms with Gasteiger partial charge in [0.2, 0.25) is 0 Å². The number of aromatic nitrogens is 1. The minimum atomic E-state index is -4.56. The van der Waals surface area contributed by atoms with Crippen molar-refractivity contribution in [1.82, 2.24) is 9.88 Å². The minimum Gasteiger partial charge on any atom is -0.507 e. The molecule has 2 heterocycles. The van der Waals surface area contributed by atoms with Gasteiger partial charge in [-0.05, 0) is 47.9 Å². The van der Waals surface area contributed by atoms with Gasteiger partial charge < -0.3 is 14.7 Å². The fourth-order valence-electron chi connectivity index (χ4n) is 4.08. The van der Waals surface area contributed by atoms with Crippen LogP contribution in [0.4, 0.5) is 13.2 Å². The van der Waals surface area contributed by atoms with Crippen molar-refractivity contribution < 1.29 is 32.6 Å². The van der Waals surface area contributed by atoms with Gasteiger partial charge in [0.05, 0.1) is 23.8 Å². The molecule has 0 radical (unpaired) electrons. The number of amides is 1. The van der Waals surface area contributed by atoms with Gasteiger partial charge in [0.15, 0.2) is 0 Å². The summed E-state index contributed by atoms with van der Waals surface area (Å²) in [6, 6.07) is 13.3. The molecular formula is C27H23F3N2O4. The molecule has 36 heavy (non-hydrogen) atoms. The Morgan fingerprint density at radius 3 is 2.56 bits per heavy atom. The van der Waals surface area contributed by atoms with Crippen LogP contribution in [0.15, 0.2) is 78.6 Å².